The van der Waals surface area contributed by atoms with E-state index in [4.69, 9.17) is 14.2 Å². The summed E-state index contributed by atoms with van der Waals surface area (Å²) in [6.07, 6.45) is 1.82. The molecule has 0 atom stereocenters. The summed E-state index contributed by atoms with van der Waals surface area (Å²) in [7, 11) is 0. The number of ether oxygens (including phenoxy) is 3. The van der Waals surface area contributed by atoms with Crippen LogP contribution in [0.4, 0.5) is 0 Å². The van der Waals surface area contributed by atoms with Crippen LogP contribution in [-0.4, -0.2) is 25.5 Å². The van der Waals surface area contributed by atoms with Gasteiger partial charge in [0, 0.05) is 0 Å². The van der Waals surface area contributed by atoms with E-state index < -0.39 is 0 Å². The van der Waals surface area contributed by atoms with Crippen LogP contribution in [0.1, 0.15) is 18.1 Å². The Hall–Kier alpha value is -3.02. The number of rotatable bonds is 6. The number of hydrazone groups is 1. The van der Waals surface area contributed by atoms with E-state index in [1.165, 1.54) is 0 Å². The molecule has 0 spiro atoms. The third-order valence-corrected chi connectivity index (χ3v) is 3.40. The number of benzene rings is 2. The van der Waals surface area contributed by atoms with Gasteiger partial charge in [-0.25, -0.2) is 5.43 Å². The molecule has 1 amide bonds. The monoisotopic (exact) mass is 326 g/mol. The molecule has 0 fully saturated rings. The maximum absolute atomic E-state index is 11.9. The van der Waals surface area contributed by atoms with Crippen molar-refractivity contribution < 1.29 is 19.0 Å². The standard InChI is InChI=1S/C18H18N2O4/c1-2-22-15-6-3-13(4-7-15)10-18(21)20-19-11-14-5-8-16-17(9-14)24-12-23-16/h3-9,11H,2,10,12H2,1H3,(H,20,21)/b19-11+. The summed E-state index contributed by atoms with van der Waals surface area (Å²) in [5.74, 6) is 2.00. The van der Waals surface area contributed by atoms with Gasteiger partial charge >= 0.3 is 0 Å². The zero-order valence-electron chi connectivity index (χ0n) is 13.3. The maximum Gasteiger partial charge on any atom is 0.244 e. The smallest absolute Gasteiger partial charge is 0.244 e. The lowest BCUT2D eigenvalue weighted by atomic mass is 10.1. The Morgan fingerprint density at radius 1 is 1.21 bits per heavy atom. The van der Waals surface area contributed by atoms with Crippen LogP contribution < -0.4 is 19.6 Å². The van der Waals surface area contributed by atoms with Crippen molar-refractivity contribution in [3.8, 4) is 17.2 Å². The molecule has 2 aromatic rings. The number of nitrogens with one attached hydrogen (secondary N) is 1. The van der Waals surface area contributed by atoms with Crippen LogP contribution in [0.3, 0.4) is 0 Å². The quantitative estimate of drug-likeness (QED) is 0.654. The molecule has 0 saturated carbocycles. The predicted molar refractivity (Wildman–Crippen MR) is 89.6 cm³/mol. The summed E-state index contributed by atoms with van der Waals surface area (Å²) >= 11 is 0. The van der Waals surface area contributed by atoms with Gasteiger partial charge < -0.3 is 14.2 Å². The highest BCUT2D eigenvalue weighted by Gasteiger charge is 2.12. The molecular weight excluding hydrogens is 308 g/mol. The van der Waals surface area contributed by atoms with Gasteiger partial charge in [-0.15, -0.1) is 0 Å². The molecule has 1 aliphatic rings. The average molecular weight is 326 g/mol. The van der Waals surface area contributed by atoms with Crippen molar-refractivity contribution in [2.75, 3.05) is 13.4 Å². The van der Waals surface area contributed by atoms with Crippen LogP contribution in [-0.2, 0) is 11.2 Å². The molecule has 0 saturated heterocycles. The van der Waals surface area contributed by atoms with E-state index in [1.807, 2.05) is 49.4 Å². The van der Waals surface area contributed by atoms with Gasteiger partial charge in [0.1, 0.15) is 5.75 Å². The first kappa shape index (κ1) is 15.9. The molecule has 3 rings (SSSR count). The van der Waals surface area contributed by atoms with Crippen LogP contribution in [0.25, 0.3) is 0 Å². The molecule has 1 aliphatic heterocycles. The summed E-state index contributed by atoms with van der Waals surface area (Å²) < 4.78 is 15.9. The number of hydrogen-bond donors (Lipinski definition) is 1. The topological polar surface area (TPSA) is 69.2 Å². The van der Waals surface area contributed by atoms with Crippen LogP contribution >= 0.6 is 0 Å². The van der Waals surface area contributed by atoms with E-state index in [2.05, 4.69) is 10.5 Å². The summed E-state index contributed by atoms with van der Waals surface area (Å²) in [6, 6.07) is 12.9. The van der Waals surface area contributed by atoms with Gasteiger partial charge in [-0.2, -0.15) is 5.10 Å². The Balaban J connectivity index is 1.51. The van der Waals surface area contributed by atoms with Crippen LogP contribution in [0.5, 0.6) is 17.2 Å². The average Bonchev–Trinajstić information content (AvgIpc) is 3.05. The van der Waals surface area contributed by atoms with E-state index in [9.17, 15) is 4.79 Å². The molecule has 2 aromatic carbocycles. The highest BCUT2D eigenvalue weighted by atomic mass is 16.7. The minimum Gasteiger partial charge on any atom is -0.494 e. The molecule has 124 valence electrons. The minimum atomic E-state index is -0.184. The summed E-state index contributed by atoms with van der Waals surface area (Å²) in [6.45, 7) is 2.78. The lowest BCUT2D eigenvalue weighted by Crippen LogP contribution is -2.19. The van der Waals surface area contributed by atoms with Crippen molar-refractivity contribution in [1.29, 1.82) is 0 Å². The van der Waals surface area contributed by atoms with Gasteiger partial charge in [0.2, 0.25) is 12.7 Å². The Morgan fingerprint density at radius 2 is 2.00 bits per heavy atom. The zero-order chi connectivity index (χ0) is 16.8. The fourth-order valence-corrected chi connectivity index (χ4v) is 2.27. The van der Waals surface area contributed by atoms with E-state index in [0.717, 1.165) is 16.9 Å². The molecule has 0 aliphatic carbocycles. The van der Waals surface area contributed by atoms with Crippen molar-refractivity contribution in [2.45, 2.75) is 13.3 Å². The molecule has 0 bridgehead atoms. The first-order valence-electron chi connectivity index (χ1n) is 7.68. The molecule has 6 heteroatoms. The fourth-order valence-electron chi connectivity index (χ4n) is 2.27. The molecule has 0 aromatic heterocycles. The minimum absolute atomic E-state index is 0.184. The van der Waals surface area contributed by atoms with E-state index in [0.29, 0.717) is 18.1 Å². The lowest BCUT2D eigenvalue weighted by molar-refractivity contribution is -0.120. The summed E-state index contributed by atoms with van der Waals surface area (Å²) in [5, 5.41) is 3.96. The van der Waals surface area contributed by atoms with Crippen LogP contribution in [0, 0.1) is 0 Å². The Kier molecular flexibility index (Phi) is 4.96. The van der Waals surface area contributed by atoms with Crippen LogP contribution in [0.2, 0.25) is 0 Å². The second kappa shape index (κ2) is 7.50. The number of carbonyl (C=O) groups excluding carboxylic acids is 1. The van der Waals surface area contributed by atoms with Gasteiger partial charge in [0.05, 0.1) is 19.2 Å². The maximum atomic E-state index is 11.9. The van der Waals surface area contributed by atoms with Crippen molar-refractivity contribution >= 4 is 12.1 Å². The Bertz CT molecular complexity index is 741. The van der Waals surface area contributed by atoms with E-state index in [-0.39, 0.29) is 19.1 Å². The third kappa shape index (κ3) is 4.04. The molecule has 0 unspecified atom stereocenters. The summed E-state index contributed by atoms with van der Waals surface area (Å²) in [4.78, 5) is 11.9. The number of carbonyl (C=O) groups is 1. The first-order chi connectivity index (χ1) is 11.7. The van der Waals surface area contributed by atoms with Crippen molar-refractivity contribution in [1.82, 2.24) is 5.43 Å². The zero-order valence-corrected chi connectivity index (χ0v) is 13.3. The molecule has 1 N–H and O–H groups in total. The highest BCUT2D eigenvalue weighted by molar-refractivity contribution is 5.84. The fraction of sp³-hybridized carbons (Fsp3) is 0.222. The normalized spacial score (nSPS) is 12.4. The van der Waals surface area contributed by atoms with Gasteiger partial charge in [-0.05, 0) is 48.4 Å². The third-order valence-electron chi connectivity index (χ3n) is 3.40. The molecule has 0 radical (unpaired) electrons. The first-order valence-corrected chi connectivity index (χ1v) is 7.68. The summed E-state index contributed by atoms with van der Waals surface area (Å²) in [5.41, 5.74) is 4.23. The second-order valence-corrected chi connectivity index (χ2v) is 5.16. The number of hydrogen-bond acceptors (Lipinski definition) is 5. The van der Waals surface area contributed by atoms with E-state index in [1.54, 1.807) is 6.21 Å². The van der Waals surface area contributed by atoms with Gasteiger partial charge in [-0.3, -0.25) is 4.79 Å². The number of nitrogens with zero attached hydrogens (tertiary/aromatic N) is 1. The Labute approximate surface area is 140 Å². The van der Waals surface area contributed by atoms with Crippen molar-refractivity contribution in [2.24, 2.45) is 5.10 Å². The predicted octanol–water partition coefficient (Wildman–Crippen LogP) is 2.51. The van der Waals surface area contributed by atoms with E-state index >= 15 is 0 Å². The largest absolute Gasteiger partial charge is 0.494 e. The van der Waals surface area contributed by atoms with Crippen molar-refractivity contribution in [3.63, 3.8) is 0 Å². The lowest BCUT2D eigenvalue weighted by Gasteiger charge is -2.04. The van der Waals surface area contributed by atoms with Gasteiger partial charge in [0.25, 0.3) is 0 Å². The SMILES string of the molecule is CCOc1ccc(CC(=O)N/N=C/c2ccc3c(c2)OCO3)cc1. The number of fused-ring (bicyclic) bond motifs is 1. The highest BCUT2D eigenvalue weighted by Crippen LogP contribution is 2.31. The van der Waals surface area contributed by atoms with Gasteiger partial charge in [0.15, 0.2) is 11.5 Å². The molecule has 24 heavy (non-hydrogen) atoms. The van der Waals surface area contributed by atoms with Crippen molar-refractivity contribution in [3.05, 3.63) is 53.6 Å². The number of amides is 1. The second-order valence-electron chi connectivity index (χ2n) is 5.16. The molecule has 6 nitrogen and oxygen atoms in total. The van der Waals surface area contributed by atoms with Crippen LogP contribution in [0.15, 0.2) is 47.6 Å². The Morgan fingerprint density at radius 3 is 2.79 bits per heavy atom. The molecular formula is C18H18N2O4. The van der Waals surface area contributed by atoms with Gasteiger partial charge in [-0.1, -0.05) is 12.1 Å². The molecule has 1 heterocycles.